The van der Waals surface area contributed by atoms with E-state index in [9.17, 15) is 0 Å². The van der Waals surface area contributed by atoms with Crippen LogP contribution in [0.3, 0.4) is 0 Å². The fourth-order valence-electron chi connectivity index (χ4n) is 3.90. The summed E-state index contributed by atoms with van der Waals surface area (Å²) in [5.41, 5.74) is 2.99. The van der Waals surface area contributed by atoms with Gasteiger partial charge in [0.05, 0.1) is 13.2 Å². The molecule has 158 valence electrons. The lowest BCUT2D eigenvalue weighted by atomic mass is 10.1. The van der Waals surface area contributed by atoms with Gasteiger partial charge in [-0.05, 0) is 74.0 Å². The third-order valence-corrected chi connectivity index (χ3v) is 5.80. The zero-order chi connectivity index (χ0) is 20.2. The van der Waals surface area contributed by atoms with Gasteiger partial charge in [-0.3, -0.25) is 0 Å². The van der Waals surface area contributed by atoms with Crippen molar-refractivity contribution in [2.45, 2.75) is 31.6 Å². The number of nitrogens with zero attached hydrogens (tertiary/aromatic N) is 1. The quantitative estimate of drug-likeness (QED) is 0.480. The second kappa shape index (κ2) is 8.96. The van der Waals surface area contributed by atoms with Crippen molar-refractivity contribution in [2.24, 2.45) is 5.92 Å². The van der Waals surface area contributed by atoms with Crippen LogP contribution in [0.1, 0.15) is 37.2 Å². The van der Waals surface area contributed by atoms with Crippen LogP contribution in [0.4, 0.5) is 6.01 Å². The first-order valence-corrected chi connectivity index (χ1v) is 11.0. The number of rotatable bonds is 10. The minimum absolute atomic E-state index is 0.580. The minimum atomic E-state index is 0.580. The lowest BCUT2D eigenvalue weighted by Crippen LogP contribution is -2.17. The van der Waals surface area contributed by atoms with Gasteiger partial charge >= 0.3 is 0 Å². The molecule has 1 saturated carbocycles. The van der Waals surface area contributed by atoms with E-state index in [2.05, 4.69) is 33.8 Å². The monoisotopic (exact) mass is 407 g/mol. The van der Waals surface area contributed by atoms with Crippen LogP contribution in [0, 0.1) is 5.92 Å². The van der Waals surface area contributed by atoms with Crippen molar-refractivity contribution in [3.8, 4) is 11.5 Å². The van der Waals surface area contributed by atoms with Crippen LogP contribution in [-0.4, -0.2) is 37.8 Å². The largest absolute Gasteiger partial charge is 0.493 e. The number of hydrogen-bond acceptors (Lipinski definition) is 6. The van der Waals surface area contributed by atoms with Gasteiger partial charge in [-0.15, -0.1) is 0 Å². The minimum Gasteiger partial charge on any atom is -0.493 e. The Balaban J connectivity index is 1.07. The van der Waals surface area contributed by atoms with Gasteiger partial charge in [-0.2, -0.15) is 4.98 Å². The van der Waals surface area contributed by atoms with Gasteiger partial charge in [0.1, 0.15) is 17.0 Å². The molecule has 6 nitrogen and oxygen atoms in total. The van der Waals surface area contributed by atoms with Crippen LogP contribution in [0.2, 0.25) is 0 Å². The topological polar surface area (TPSA) is 68.6 Å². The predicted octanol–water partition coefficient (Wildman–Crippen LogP) is 4.57. The number of anilines is 1. The summed E-state index contributed by atoms with van der Waals surface area (Å²) in [6.07, 6.45) is 4.63. The smallest absolute Gasteiger partial charge is 0.295 e. The van der Waals surface area contributed by atoms with E-state index in [1.165, 1.54) is 24.8 Å². The van der Waals surface area contributed by atoms with Crippen molar-refractivity contribution >= 4 is 17.1 Å². The molecule has 5 rings (SSSR count). The van der Waals surface area contributed by atoms with Gasteiger partial charge in [0.2, 0.25) is 0 Å². The molecule has 0 unspecified atom stereocenters. The molecule has 0 amide bonds. The molecule has 2 aromatic carbocycles. The van der Waals surface area contributed by atoms with Crippen LogP contribution in [0.5, 0.6) is 11.5 Å². The molecular formula is C24H29N3O3. The average Bonchev–Trinajstić information content (AvgIpc) is 3.33. The van der Waals surface area contributed by atoms with Crippen LogP contribution >= 0.6 is 0 Å². The highest BCUT2D eigenvalue weighted by atomic mass is 16.5. The average molecular weight is 408 g/mol. The molecule has 6 heteroatoms. The van der Waals surface area contributed by atoms with E-state index in [4.69, 9.17) is 13.9 Å². The Hall–Kier alpha value is -2.73. The number of hydrogen-bond donors (Lipinski definition) is 2. The Morgan fingerprint density at radius 2 is 1.90 bits per heavy atom. The molecule has 0 radical (unpaired) electrons. The van der Waals surface area contributed by atoms with Crippen molar-refractivity contribution in [3.05, 3.63) is 48.0 Å². The third kappa shape index (κ3) is 4.87. The van der Waals surface area contributed by atoms with Crippen molar-refractivity contribution in [1.82, 2.24) is 10.3 Å². The summed E-state index contributed by atoms with van der Waals surface area (Å²) in [6, 6.07) is 14.8. The van der Waals surface area contributed by atoms with E-state index >= 15 is 0 Å². The van der Waals surface area contributed by atoms with Crippen molar-refractivity contribution in [1.29, 1.82) is 0 Å². The maximum atomic E-state index is 5.88. The number of aromatic nitrogens is 1. The fourth-order valence-corrected chi connectivity index (χ4v) is 3.90. The zero-order valence-electron chi connectivity index (χ0n) is 17.2. The number of fused-ring (bicyclic) bond motifs is 1. The SMILES string of the molecule is c1cc(OCCCOc2ccc3nc(NC[C@H]4CCNC4)oc3c2)cc(C2CC2)c1. The van der Waals surface area contributed by atoms with Gasteiger partial charge in [0, 0.05) is 19.0 Å². The van der Waals surface area contributed by atoms with E-state index in [0.29, 0.717) is 25.1 Å². The molecule has 2 N–H and O–H groups in total. The molecule has 1 aliphatic heterocycles. The molecule has 1 aromatic heterocycles. The van der Waals surface area contributed by atoms with E-state index in [1.54, 1.807) is 0 Å². The van der Waals surface area contributed by atoms with Gasteiger partial charge in [-0.1, -0.05) is 12.1 Å². The molecule has 1 aliphatic carbocycles. The maximum Gasteiger partial charge on any atom is 0.295 e. The molecular weight excluding hydrogens is 378 g/mol. The molecule has 2 fully saturated rings. The Labute approximate surface area is 177 Å². The number of nitrogens with one attached hydrogen (secondary N) is 2. The third-order valence-electron chi connectivity index (χ3n) is 5.80. The number of ether oxygens (including phenoxy) is 2. The highest BCUT2D eigenvalue weighted by molar-refractivity contribution is 5.76. The summed E-state index contributed by atoms with van der Waals surface area (Å²) >= 11 is 0. The lowest BCUT2D eigenvalue weighted by molar-refractivity contribution is 0.247. The number of benzene rings is 2. The molecule has 0 spiro atoms. The van der Waals surface area contributed by atoms with Crippen LogP contribution in [-0.2, 0) is 0 Å². The van der Waals surface area contributed by atoms with Crippen molar-refractivity contribution < 1.29 is 13.9 Å². The first-order chi connectivity index (χ1) is 14.8. The van der Waals surface area contributed by atoms with Crippen LogP contribution in [0.15, 0.2) is 46.9 Å². The first kappa shape index (κ1) is 19.2. The highest BCUT2D eigenvalue weighted by Crippen LogP contribution is 2.40. The van der Waals surface area contributed by atoms with E-state index in [1.807, 2.05) is 24.3 Å². The standard InChI is InChI=1S/C24H29N3O3/c1-3-19(18-5-6-18)13-20(4-1)28-11-2-12-29-21-7-8-22-23(14-21)30-24(27-22)26-16-17-9-10-25-15-17/h1,3-4,7-8,13-14,17-18,25H,2,5-6,9-12,15-16H2,(H,26,27)/t17-/m0/s1. The van der Waals surface area contributed by atoms with Crippen LogP contribution < -0.4 is 20.1 Å². The lowest BCUT2D eigenvalue weighted by Gasteiger charge is -2.09. The Bertz CT molecular complexity index is 977. The Morgan fingerprint density at radius 1 is 1.03 bits per heavy atom. The summed E-state index contributed by atoms with van der Waals surface area (Å²) in [4.78, 5) is 4.51. The fraction of sp³-hybridized carbons (Fsp3) is 0.458. The second-order valence-electron chi connectivity index (χ2n) is 8.29. The molecule has 1 saturated heterocycles. The molecule has 2 aliphatic rings. The molecule has 30 heavy (non-hydrogen) atoms. The molecule has 0 bridgehead atoms. The molecule has 1 atom stereocenters. The van der Waals surface area contributed by atoms with Gasteiger partial charge in [0.15, 0.2) is 5.58 Å². The summed E-state index contributed by atoms with van der Waals surface area (Å²) in [7, 11) is 0. The molecule has 2 heterocycles. The predicted molar refractivity (Wildman–Crippen MR) is 117 cm³/mol. The van der Waals surface area contributed by atoms with Crippen molar-refractivity contribution in [3.63, 3.8) is 0 Å². The van der Waals surface area contributed by atoms with E-state index in [0.717, 1.165) is 54.6 Å². The van der Waals surface area contributed by atoms with Gasteiger partial charge in [-0.25, -0.2) is 0 Å². The zero-order valence-corrected chi connectivity index (χ0v) is 17.2. The first-order valence-electron chi connectivity index (χ1n) is 11.0. The Kier molecular flexibility index (Phi) is 5.75. The molecule has 3 aromatic rings. The van der Waals surface area contributed by atoms with Gasteiger partial charge in [0.25, 0.3) is 6.01 Å². The normalized spacial score (nSPS) is 18.6. The van der Waals surface area contributed by atoms with Crippen molar-refractivity contribution in [2.75, 3.05) is 38.2 Å². The summed E-state index contributed by atoms with van der Waals surface area (Å²) < 4.78 is 17.6. The van der Waals surface area contributed by atoms with E-state index in [-0.39, 0.29) is 0 Å². The number of oxazole rings is 1. The van der Waals surface area contributed by atoms with E-state index < -0.39 is 0 Å². The van der Waals surface area contributed by atoms with Gasteiger partial charge < -0.3 is 24.5 Å². The Morgan fingerprint density at radius 3 is 2.70 bits per heavy atom. The maximum absolute atomic E-state index is 5.88. The summed E-state index contributed by atoms with van der Waals surface area (Å²) in [5, 5.41) is 6.68. The highest BCUT2D eigenvalue weighted by Gasteiger charge is 2.23. The second-order valence-corrected chi connectivity index (χ2v) is 8.29. The van der Waals surface area contributed by atoms with Crippen LogP contribution in [0.25, 0.3) is 11.1 Å². The summed E-state index contributed by atoms with van der Waals surface area (Å²) in [6.45, 7) is 4.27. The summed E-state index contributed by atoms with van der Waals surface area (Å²) in [5.74, 6) is 3.13.